The van der Waals surface area contributed by atoms with Crippen LogP contribution in [0.2, 0.25) is 15.1 Å². The van der Waals surface area contributed by atoms with E-state index in [4.69, 9.17) is 12.1 Å². The average molecular weight is 254 g/mol. The Morgan fingerprint density at radius 2 is 0.733 bits per heavy atom. The molecule has 0 atom stereocenters. The van der Waals surface area contributed by atoms with E-state index < -0.39 is 7.22 Å². The van der Waals surface area contributed by atoms with Crippen LogP contribution in [-0.2, 0) is 12.1 Å². The molecule has 0 unspecified atom stereocenters. The molecule has 0 aliphatic heterocycles. The van der Waals surface area contributed by atoms with Gasteiger partial charge in [0, 0.05) is 0 Å². The van der Waals surface area contributed by atoms with E-state index >= 15 is 0 Å². The molecule has 15 heavy (non-hydrogen) atoms. The van der Waals surface area contributed by atoms with Crippen molar-refractivity contribution >= 4 is 19.3 Å². The molecule has 0 fully saturated rings. The number of rotatable bonds is 0. The van der Waals surface area contributed by atoms with Gasteiger partial charge in [-0.25, -0.2) is 0 Å². The molecule has 0 aromatic carbocycles. The monoisotopic (exact) mass is 254 g/mol. The fraction of sp³-hybridized carbons (Fsp3) is 1.00. The van der Waals surface area contributed by atoms with Crippen LogP contribution in [0.25, 0.3) is 0 Å². The molecule has 0 spiro atoms. The predicted octanol–water partition coefficient (Wildman–Crippen LogP) is 1.88. The first-order chi connectivity index (χ1) is 5.75. The first kappa shape index (κ1) is 18.9. The normalized spacial score (nSPS) is 14.8. The second-order valence-electron chi connectivity index (χ2n) is 7.43. The quantitative estimate of drug-likeness (QED) is 0.470. The summed E-state index contributed by atoms with van der Waals surface area (Å²) < 4.78 is 0. The fourth-order valence-electron chi connectivity index (χ4n) is 3.38. The van der Waals surface area contributed by atoms with E-state index in [1.54, 1.807) is 0 Å². The van der Waals surface area contributed by atoms with Crippen LogP contribution in [0, 0.1) is 0 Å². The minimum Gasteiger partial charge on any atom is -0.794 e. The Morgan fingerprint density at radius 1 is 0.600 bits per heavy atom. The fourth-order valence-corrected chi connectivity index (χ4v) is 10.1. The van der Waals surface area contributed by atoms with Crippen LogP contribution < -0.4 is 29.6 Å². The van der Waals surface area contributed by atoms with Gasteiger partial charge in [-0.1, -0.05) is 84.7 Å². The van der Waals surface area contributed by atoms with Crippen molar-refractivity contribution in [2.24, 2.45) is 0 Å². The molecule has 0 nitrogen and oxygen atoms in total. The summed E-state index contributed by atoms with van der Waals surface area (Å²) in [6.07, 6.45) is 0. The Bertz CT molecular complexity index is 169. The summed E-state index contributed by atoms with van der Waals surface area (Å²) in [5.74, 6) is 0. The van der Waals surface area contributed by atoms with Crippen molar-refractivity contribution in [1.82, 2.24) is 0 Å². The van der Waals surface area contributed by atoms with Gasteiger partial charge in [-0.05, 0) is 0 Å². The van der Waals surface area contributed by atoms with Gasteiger partial charge in [0.25, 0.3) is 0 Å². The molecule has 0 heterocycles. The second kappa shape index (κ2) is 5.05. The summed E-state index contributed by atoms with van der Waals surface area (Å²) in [6.45, 7) is 20.9. The molecule has 0 aliphatic rings. The maximum atomic E-state index is 6.15. The van der Waals surface area contributed by atoms with E-state index in [0.29, 0.717) is 0 Å². The molecule has 86 valence electrons. The van der Waals surface area contributed by atoms with Crippen LogP contribution >= 0.6 is 0 Å². The van der Waals surface area contributed by atoms with Crippen LogP contribution in [0.1, 0.15) is 62.3 Å². The smallest absolute Gasteiger partial charge is 0.794 e. The maximum Gasteiger partial charge on any atom is 1.00 e. The van der Waals surface area contributed by atoms with Gasteiger partial charge in [0.05, 0.1) is 0 Å². The van der Waals surface area contributed by atoms with Crippen molar-refractivity contribution in [2.75, 3.05) is 0 Å². The maximum absolute atomic E-state index is 6.15. The molecule has 0 aromatic rings. The van der Waals surface area contributed by atoms with Gasteiger partial charge in [0.2, 0.25) is 0 Å². The van der Waals surface area contributed by atoms with Gasteiger partial charge in [-0.3, -0.25) is 0 Å². The van der Waals surface area contributed by atoms with Crippen molar-refractivity contribution in [3.63, 3.8) is 0 Å². The topological polar surface area (TPSA) is 0 Å². The van der Waals surface area contributed by atoms with Crippen LogP contribution in [0.3, 0.4) is 0 Å². The average Bonchev–Trinajstić information content (AvgIpc) is 1.77. The Labute approximate surface area is 125 Å². The van der Waals surface area contributed by atoms with Crippen molar-refractivity contribution in [2.45, 2.75) is 77.4 Å². The zero-order chi connectivity index (χ0) is 12.0. The van der Waals surface area contributed by atoms with Crippen molar-refractivity contribution in [3.05, 3.63) is 0 Å². The molecule has 0 saturated carbocycles. The van der Waals surface area contributed by atoms with Crippen molar-refractivity contribution in [1.29, 1.82) is 0 Å². The molecule has 3 heteroatoms. The van der Waals surface area contributed by atoms with Crippen LogP contribution in [0.15, 0.2) is 0 Å². The number of hydrogen-bond donors (Lipinski definition) is 0. The van der Waals surface area contributed by atoms with E-state index in [0.717, 1.165) is 0 Å². The Morgan fingerprint density at radius 3 is 0.733 bits per heavy atom. The van der Waals surface area contributed by atoms with E-state index in [2.05, 4.69) is 62.3 Å². The first-order valence-corrected chi connectivity index (χ1v) is 8.59. The van der Waals surface area contributed by atoms with Crippen LogP contribution in [0.5, 0.6) is 0 Å². The third-order valence-electron chi connectivity index (χ3n) is 3.17. The summed E-state index contributed by atoms with van der Waals surface area (Å²) in [7, 11) is -1.77. The van der Waals surface area contributed by atoms with E-state index in [1.165, 1.54) is 0 Å². The minimum absolute atomic E-state index is 0. The SMILES string of the molecule is CC(C)(C)[Si]([S-])(C(C)(C)C)C(C)(C)C.[Na+]. The van der Waals surface area contributed by atoms with Crippen molar-refractivity contribution in [3.8, 4) is 0 Å². The molecule has 0 aromatic heterocycles. The Balaban J connectivity index is 0. The molecule has 0 rings (SSSR count). The van der Waals surface area contributed by atoms with Gasteiger partial charge in [-0.15, -0.1) is 0 Å². The molecule has 0 radical (unpaired) electrons. The largest absolute Gasteiger partial charge is 1.00 e. The standard InChI is InChI=1S/C12H27SSi.Na/c1-10(2,3)14(13,11(4,5)6)12(7,8)9;/h1-9H3;/q-1;+1. The van der Waals surface area contributed by atoms with Gasteiger partial charge < -0.3 is 12.1 Å². The van der Waals surface area contributed by atoms with Gasteiger partial charge >= 0.3 is 29.6 Å². The third kappa shape index (κ3) is 3.51. The second-order valence-corrected chi connectivity index (χ2v) is 15.1. The predicted molar refractivity (Wildman–Crippen MR) is 72.3 cm³/mol. The summed E-state index contributed by atoms with van der Waals surface area (Å²) in [5, 5.41) is 0.830. The van der Waals surface area contributed by atoms with E-state index in [9.17, 15) is 0 Å². The van der Waals surface area contributed by atoms with Gasteiger partial charge in [-0.2, -0.15) is 0 Å². The molecule has 0 N–H and O–H groups in total. The zero-order valence-corrected chi connectivity index (χ0v) is 16.2. The molecular weight excluding hydrogens is 227 g/mol. The van der Waals surface area contributed by atoms with E-state index in [-0.39, 0.29) is 44.7 Å². The van der Waals surface area contributed by atoms with Crippen molar-refractivity contribution < 1.29 is 29.6 Å². The van der Waals surface area contributed by atoms with Crippen LogP contribution in [-0.4, -0.2) is 7.22 Å². The summed E-state index contributed by atoms with van der Waals surface area (Å²) in [5.41, 5.74) is 0. The molecule has 0 bridgehead atoms. The Hall–Kier alpha value is 1.57. The molecule has 0 aliphatic carbocycles. The van der Waals surface area contributed by atoms with Gasteiger partial charge in [0.15, 0.2) is 0 Å². The molecule has 0 saturated heterocycles. The third-order valence-corrected chi connectivity index (χ3v) is 15.0. The van der Waals surface area contributed by atoms with Crippen LogP contribution in [0.4, 0.5) is 0 Å². The number of hydrogen-bond acceptors (Lipinski definition) is 1. The molecular formula is C12H27NaSSi. The first-order valence-electron chi connectivity index (χ1n) is 5.45. The summed E-state index contributed by atoms with van der Waals surface area (Å²) >= 11 is 6.15. The summed E-state index contributed by atoms with van der Waals surface area (Å²) in [6, 6.07) is 0. The minimum atomic E-state index is -1.77. The molecule has 0 amide bonds. The van der Waals surface area contributed by atoms with Gasteiger partial charge in [0.1, 0.15) is 0 Å². The zero-order valence-electron chi connectivity index (χ0n) is 12.4. The summed E-state index contributed by atoms with van der Waals surface area (Å²) in [4.78, 5) is 0. The Kier molecular flexibility index (Phi) is 6.37. The van der Waals surface area contributed by atoms with E-state index in [1.807, 2.05) is 0 Å².